The Morgan fingerprint density at radius 1 is 1.33 bits per heavy atom. The molecule has 0 saturated carbocycles. The van der Waals surface area contributed by atoms with Crippen molar-refractivity contribution in [2.75, 3.05) is 5.73 Å². The summed E-state index contributed by atoms with van der Waals surface area (Å²) in [4.78, 5) is 21.0. The Balaban J connectivity index is 1.79. The van der Waals surface area contributed by atoms with Gasteiger partial charge in [0.05, 0.1) is 17.5 Å². The Morgan fingerprint density at radius 3 is 2.80 bits per heavy atom. The normalized spacial score (nSPS) is 11.4. The Bertz CT molecular complexity index is 1140. The third-order valence-corrected chi connectivity index (χ3v) is 4.43. The molecule has 1 amide bonds. The number of rotatable bonds is 7. The molecule has 0 aliphatic heterocycles. The molecule has 9 heteroatoms. The molecule has 3 rings (SSSR count). The Morgan fingerprint density at radius 2 is 2.10 bits per heavy atom. The highest BCUT2D eigenvalue weighted by atomic mass is 19.3. The molecule has 0 bridgehead atoms. The van der Waals surface area contributed by atoms with Crippen molar-refractivity contribution in [2.24, 2.45) is 0 Å². The lowest BCUT2D eigenvalue weighted by Crippen LogP contribution is -2.26. The largest absolute Gasteiger partial charge is 0.464 e. The van der Waals surface area contributed by atoms with Crippen LogP contribution >= 0.6 is 0 Å². The van der Waals surface area contributed by atoms with E-state index >= 15 is 0 Å². The number of ether oxygens (including phenoxy) is 1. The fourth-order valence-electron chi connectivity index (χ4n) is 3.01. The van der Waals surface area contributed by atoms with Crippen molar-refractivity contribution in [3.63, 3.8) is 0 Å². The number of anilines is 1. The molecule has 0 aliphatic rings. The summed E-state index contributed by atoms with van der Waals surface area (Å²) in [6.45, 7) is 4.69. The zero-order valence-corrected chi connectivity index (χ0v) is 16.5. The molecule has 30 heavy (non-hydrogen) atoms. The van der Waals surface area contributed by atoms with Crippen LogP contribution in [0.1, 0.15) is 40.9 Å². The second-order valence-corrected chi connectivity index (χ2v) is 6.44. The van der Waals surface area contributed by atoms with Crippen LogP contribution in [-0.2, 0) is 11.3 Å². The Kier molecular flexibility index (Phi) is 6.10. The quantitative estimate of drug-likeness (QED) is 0.567. The van der Waals surface area contributed by atoms with Crippen molar-refractivity contribution in [1.82, 2.24) is 19.9 Å². The van der Waals surface area contributed by atoms with Gasteiger partial charge in [0.1, 0.15) is 11.5 Å². The molecule has 0 aliphatic carbocycles. The maximum absolute atomic E-state index is 13.1. The number of carbonyl (C=O) groups is 1. The van der Waals surface area contributed by atoms with E-state index in [9.17, 15) is 13.6 Å². The van der Waals surface area contributed by atoms with E-state index in [-0.39, 0.29) is 23.8 Å². The highest BCUT2D eigenvalue weighted by Gasteiger charge is 2.18. The number of allylic oxidation sites excluding steroid dienone is 1. The maximum atomic E-state index is 13.1. The van der Waals surface area contributed by atoms with E-state index in [2.05, 4.69) is 21.9 Å². The summed E-state index contributed by atoms with van der Waals surface area (Å²) in [6, 6.07) is 6.60. The molecule has 3 aromatic rings. The molecule has 0 atom stereocenters. The first-order valence-corrected chi connectivity index (χ1v) is 9.09. The second-order valence-electron chi connectivity index (χ2n) is 6.44. The molecular formula is C21H21F2N5O2. The zero-order valence-electron chi connectivity index (χ0n) is 16.5. The highest BCUT2D eigenvalue weighted by Crippen LogP contribution is 2.25. The molecular weight excluding hydrogens is 392 g/mol. The van der Waals surface area contributed by atoms with Crippen LogP contribution < -0.4 is 11.1 Å². The van der Waals surface area contributed by atoms with Crippen LogP contribution in [0, 0.1) is 6.92 Å². The zero-order chi connectivity index (χ0) is 21.8. The molecule has 3 N–H and O–H groups in total. The number of halogens is 2. The standard InChI is InChI=1S/C21H21F2N5O2/c1-4-10-30-13(3)17-12(2)26-18(19(24)27-17)20(29)25-11-14-6-5-7-16-15(14)8-9-28(16)21(22)23/h4-10,21H,3,11H2,1-2H3,(H2,24,27)(H,25,29)/b10-4-. The number of hydrogen-bond acceptors (Lipinski definition) is 5. The fourth-order valence-corrected chi connectivity index (χ4v) is 3.01. The topological polar surface area (TPSA) is 95.1 Å². The van der Waals surface area contributed by atoms with E-state index < -0.39 is 12.5 Å². The summed E-state index contributed by atoms with van der Waals surface area (Å²) in [5, 5.41) is 3.34. The third kappa shape index (κ3) is 4.14. The number of hydrogen-bond donors (Lipinski definition) is 2. The van der Waals surface area contributed by atoms with Crippen LogP contribution in [0.2, 0.25) is 0 Å². The molecule has 0 radical (unpaired) electrons. The summed E-state index contributed by atoms with van der Waals surface area (Å²) >= 11 is 0. The third-order valence-electron chi connectivity index (χ3n) is 4.43. The highest BCUT2D eigenvalue weighted by molar-refractivity contribution is 5.96. The number of nitrogens with zero attached hydrogens (tertiary/aromatic N) is 3. The number of carbonyl (C=O) groups excluding carboxylic acids is 1. The van der Waals surface area contributed by atoms with E-state index in [4.69, 9.17) is 10.5 Å². The maximum Gasteiger partial charge on any atom is 0.319 e. The molecule has 2 aromatic heterocycles. The van der Waals surface area contributed by atoms with Gasteiger partial charge in [0.25, 0.3) is 5.91 Å². The summed E-state index contributed by atoms with van der Waals surface area (Å²) in [5.74, 6) is -0.340. The van der Waals surface area contributed by atoms with Crippen molar-refractivity contribution in [3.05, 3.63) is 72.0 Å². The van der Waals surface area contributed by atoms with Crippen molar-refractivity contribution in [3.8, 4) is 0 Å². The molecule has 0 fully saturated rings. The first-order chi connectivity index (χ1) is 14.3. The molecule has 0 saturated heterocycles. The van der Waals surface area contributed by atoms with Gasteiger partial charge in [-0.3, -0.25) is 9.36 Å². The number of amides is 1. The molecule has 0 spiro atoms. The van der Waals surface area contributed by atoms with Gasteiger partial charge in [-0.2, -0.15) is 8.78 Å². The first-order valence-electron chi connectivity index (χ1n) is 9.09. The molecule has 1 aromatic carbocycles. The predicted octanol–water partition coefficient (Wildman–Crippen LogP) is 4.17. The predicted molar refractivity (Wildman–Crippen MR) is 110 cm³/mol. The Hall–Kier alpha value is -3.75. The van der Waals surface area contributed by atoms with Crippen LogP contribution in [0.25, 0.3) is 16.7 Å². The summed E-state index contributed by atoms with van der Waals surface area (Å²) < 4.78 is 32.3. The second kappa shape index (κ2) is 8.73. The first kappa shape index (κ1) is 21.0. The van der Waals surface area contributed by atoms with Crippen molar-refractivity contribution >= 4 is 28.4 Å². The average Bonchev–Trinajstić information content (AvgIpc) is 3.16. The monoisotopic (exact) mass is 413 g/mol. The van der Waals surface area contributed by atoms with Gasteiger partial charge in [-0.05, 0) is 31.5 Å². The van der Waals surface area contributed by atoms with Crippen LogP contribution in [0.4, 0.5) is 14.6 Å². The Labute approximate surface area is 171 Å². The number of nitrogens with two attached hydrogens (primary N) is 1. The number of nitrogens with one attached hydrogen (secondary N) is 1. The number of alkyl halides is 2. The average molecular weight is 413 g/mol. The van der Waals surface area contributed by atoms with Crippen LogP contribution in [-0.4, -0.2) is 20.4 Å². The van der Waals surface area contributed by atoms with Crippen molar-refractivity contribution in [1.29, 1.82) is 0 Å². The van der Waals surface area contributed by atoms with Crippen molar-refractivity contribution < 1.29 is 18.3 Å². The van der Waals surface area contributed by atoms with Gasteiger partial charge in [-0.25, -0.2) is 9.97 Å². The molecule has 7 nitrogen and oxygen atoms in total. The lowest BCUT2D eigenvalue weighted by Gasteiger charge is -2.12. The van der Waals surface area contributed by atoms with E-state index in [1.54, 1.807) is 44.2 Å². The summed E-state index contributed by atoms with van der Waals surface area (Å²) in [6.07, 6.45) is 4.45. The van der Waals surface area contributed by atoms with Gasteiger partial charge in [0.15, 0.2) is 11.5 Å². The van der Waals surface area contributed by atoms with E-state index in [1.165, 1.54) is 12.5 Å². The number of aromatic nitrogens is 3. The molecule has 156 valence electrons. The SMILES string of the molecule is C=C(O/C=C\C)c1nc(N)c(C(=O)NCc2cccc3c2ccn3C(F)F)nc1C. The van der Waals surface area contributed by atoms with Gasteiger partial charge in [-0.1, -0.05) is 24.8 Å². The summed E-state index contributed by atoms with van der Waals surface area (Å²) in [7, 11) is 0. The number of fused-ring (bicyclic) bond motifs is 1. The van der Waals surface area contributed by atoms with Gasteiger partial charge in [0.2, 0.25) is 0 Å². The van der Waals surface area contributed by atoms with E-state index in [0.29, 0.717) is 27.9 Å². The number of benzene rings is 1. The van der Waals surface area contributed by atoms with Gasteiger partial charge in [-0.15, -0.1) is 0 Å². The fraction of sp³-hybridized carbons (Fsp3) is 0.190. The van der Waals surface area contributed by atoms with Gasteiger partial charge < -0.3 is 15.8 Å². The minimum Gasteiger partial charge on any atom is -0.464 e. The van der Waals surface area contributed by atoms with Crippen LogP contribution in [0.3, 0.4) is 0 Å². The smallest absolute Gasteiger partial charge is 0.319 e. The summed E-state index contributed by atoms with van der Waals surface area (Å²) in [5.41, 5.74) is 7.73. The molecule has 2 heterocycles. The number of aryl methyl sites for hydroxylation is 1. The van der Waals surface area contributed by atoms with Gasteiger partial charge in [0, 0.05) is 18.1 Å². The van der Waals surface area contributed by atoms with Crippen LogP contribution in [0.5, 0.6) is 0 Å². The van der Waals surface area contributed by atoms with Crippen LogP contribution in [0.15, 0.2) is 49.4 Å². The van der Waals surface area contributed by atoms with Crippen molar-refractivity contribution in [2.45, 2.75) is 26.9 Å². The minimum atomic E-state index is -2.64. The lowest BCUT2D eigenvalue weighted by atomic mass is 10.1. The van der Waals surface area contributed by atoms with E-state index in [0.717, 1.165) is 4.57 Å². The number of nitrogen functional groups attached to an aromatic ring is 1. The minimum absolute atomic E-state index is 0.0348. The van der Waals surface area contributed by atoms with E-state index in [1.807, 2.05) is 0 Å². The molecule has 0 unspecified atom stereocenters. The lowest BCUT2D eigenvalue weighted by molar-refractivity contribution is 0.0752. The van der Waals surface area contributed by atoms with Gasteiger partial charge >= 0.3 is 6.55 Å².